The third-order valence-corrected chi connectivity index (χ3v) is 5.21. The summed E-state index contributed by atoms with van der Waals surface area (Å²) in [6.07, 6.45) is 1.37. The zero-order chi connectivity index (χ0) is 22.0. The van der Waals surface area contributed by atoms with Gasteiger partial charge in [0.1, 0.15) is 0 Å². The number of carbonyl (C=O) groups excluding carboxylic acids is 2. The zero-order valence-electron chi connectivity index (χ0n) is 17.1. The lowest BCUT2D eigenvalue weighted by Gasteiger charge is -2.27. The first kappa shape index (κ1) is 20.3. The highest BCUT2D eigenvalue weighted by Gasteiger charge is 2.44. The summed E-state index contributed by atoms with van der Waals surface area (Å²) in [6, 6.07) is 16.7. The van der Waals surface area contributed by atoms with Gasteiger partial charge >= 0.3 is 0 Å². The molecule has 0 radical (unpaired) electrons. The van der Waals surface area contributed by atoms with Gasteiger partial charge in [-0.25, -0.2) is 0 Å². The number of rotatable bonds is 7. The van der Waals surface area contributed by atoms with E-state index in [2.05, 4.69) is 0 Å². The minimum atomic E-state index is -0.829. The van der Waals surface area contributed by atoms with E-state index in [0.717, 1.165) is 5.56 Å². The highest BCUT2D eigenvalue weighted by Crippen LogP contribution is 2.42. The van der Waals surface area contributed by atoms with Crippen molar-refractivity contribution in [2.45, 2.75) is 12.6 Å². The molecule has 0 unspecified atom stereocenters. The van der Waals surface area contributed by atoms with Gasteiger partial charge < -0.3 is 23.9 Å². The predicted molar refractivity (Wildman–Crippen MR) is 112 cm³/mol. The van der Waals surface area contributed by atoms with Gasteiger partial charge in [0.2, 0.25) is 5.78 Å². The van der Waals surface area contributed by atoms with Crippen LogP contribution in [0.1, 0.15) is 27.7 Å². The van der Waals surface area contributed by atoms with Gasteiger partial charge in [0.15, 0.2) is 23.0 Å². The molecule has 158 valence electrons. The SMILES string of the molecule is COc1ccc([C@@H]2C(C(=O)c3ccco3)=C(O)C(=O)N2Cc2ccccc2)cc1OC. The normalized spacial score (nSPS) is 16.0. The quantitative estimate of drug-likeness (QED) is 0.581. The molecule has 0 spiro atoms. The molecule has 1 N–H and O–H groups in total. The monoisotopic (exact) mass is 419 g/mol. The van der Waals surface area contributed by atoms with Gasteiger partial charge in [-0.2, -0.15) is 0 Å². The molecule has 1 atom stereocenters. The van der Waals surface area contributed by atoms with Gasteiger partial charge in [-0.05, 0) is 35.4 Å². The van der Waals surface area contributed by atoms with Crippen LogP contribution in [0.3, 0.4) is 0 Å². The molecule has 1 aromatic heterocycles. The van der Waals surface area contributed by atoms with E-state index in [1.54, 1.807) is 24.3 Å². The minimum absolute atomic E-state index is 0.0388. The first-order chi connectivity index (χ1) is 15.0. The fourth-order valence-corrected chi connectivity index (χ4v) is 3.74. The van der Waals surface area contributed by atoms with E-state index in [1.165, 1.54) is 31.4 Å². The average Bonchev–Trinajstić information content (AvgIpc) is 3.42. The van der Waals surface area contributed by atoms with Gasteiger partial charge in [-0.1, -0.05) is 36.4 Å². The molecule has 0 bridgehead atoms. The van der Waals surface area contributed by atoms with Crippen molar-refractivity contribution in [2.24, 2.45) is 0 Å². The highest BCUT2D eigenvalue weighted by molar-refractivity contribution is 6.15. The van der Waals surface area contributed by atoms with Crippen LogP contribution in [-0.2, 0) is 11.3 Å². The molecule has 1 amide bonds. The molecule has 31 heavy (non-hydrogen) atoms. The molecule has 2 aromatic carbocycles. The Kier molecular flexibility index (Phi) is 5.49. The summed E-state index contributed by atoms with van der Waals surface area (Å²) in [5.74, 6) is -0.760. The van der Waals surface area contributed by atoms with Crippen molar-refractivity contribution in [3.8, 4) is 11.5 Å². The lowest BCUT2D eigenvalue weighted by molar-refractivity contribution is -0.130. The van der Waals surface area contributed by atoms with E-state index in [-0.39, 0.29) is 17.9 Å². The van der Waals surface area contributed by atoms with Crippen LogP contribution < -0.4 is 9.47 Å². The smallest absolute Gasteiger partial charge is 0.290 e. The van der Waals surface area contributed by atoms with E-state index in [1.807, 2.05) is 30.3 Å². The van der Waals surface area contributed by atoms with Gasteiger partial charge in [0.25, 0.3) is 5.91 Å². The molecule has 0 saturated heterocycles. The number of ketones is 1. The second-order valence-corrected chi connectivity index (χ2v) is 7.00. The van der Waals surface area contributed by atoms with Crippen LogP contribution in [0.5, 0.6) is 11.5 Å². The van der Waals surface area contributed by atoms with Crippen molar-refractivity contribution in [2.75, 3.05) is 14.2 Å². The molecular formula is C24H21NO6. The Morgan fingerprint density at radius 3 is 2.42 bits per heavy atom. The van der Waals surface area contributed by atoms with Crippen molar-refractivity contribution >= 4 is 11.7 Å². The summed E-state index contributed by atoms with van der Waals surface area (Å²) in [5, 5.41) is 10.7. The van der Waals surface area contributed by atoms with Crippen molar-refractivity contribution < 1.29 is 28.6 Å². The molecule has 0 aliphatic carbocycles. The maximum Gasteiger partial charge on any atom is 0.290 e. The second kappa shape index (κ2) is 8.39. The Labute approximate surface area is 179 Å². The first-order valence-corrected chi connectivity index (χ1v) is 9.63. The Bertz CT molecular complexity index is 1130. The van der Waals surface area contributed by atoms with Crippen molar-refractivity contribution in [3.63, 3.8) is 0 Å². The predicted octanol–water partition coefficient (Wildman–Crippen LogP) is 4.08. The standard InChI is InChI=1S/C24H21NO6/c1-29-17-11-10-16(13-19(17)30-2)21-20(22(26)18-9-6-12-31-18)23(27)24(28)25(21)14-15-7-4-3-5-8-15/h3-13,21,27H,14H2,1-2H3/t21-/m1/s1. The summed E-state index contributed by atoms with van der Waals surface area (Å²) in [4.78, 5) is 27.7. The summed E-state index contributed by atoms with van der Waals surface area (Å²) in [6.45, 7) is 0.206. The number of benzene rings is 2. The maximum absolute atomic E-state index is 13.2. The van der Waals surface area contributed by atoms with E-state index < -0.39 is 23.5 Å². The molecule has 2 heterocycles. The van der Waals surface area contributed by atoms with Gasteiger partial charge in [0, 0.05) is 6.54 Å². The largest absolute Gasteiger partial charge is 0.503 e. The van der Waals surface area contributed by atoms with Crippen LogP contribution in [0, 0.1) is 0 Å². The number of ether oxygens (including phenoxy) is 2. The van der Waals surface area contributed by atoms with Crippen LogP contribution in [0.25, 0.3) is 0 Å². The molecule has 7 heteroatoms. The summed E-state index contributed by atoms with van der Waals surface area (Å²) < 4.78 is 15.9. The molecule has 4 rings (SSSR count). The fraction of sp³-hybridized carbons (Fsp3) is 0.167. The lowest BCUT2D eigenvalue weighted by atomic mass is 9.94. The topological polar surface area (TPSA) is 89.2 Å². The first-order valence-electron chi connectivity index (χ1n) is 9.63. The third-order valence-electron chi connectivity index (χ3n) is 5.21. The lowest BCUT2D eigenvalue weighted by Crippen LogP contribution is -2.30. The van der Waals surface area contributed by atoms with Gasteiger partial charge in [0.05, 0.1) is 32.1 Å². The molecule has 7 nitrogen and oxygen atoms in total. The highest BCUT2D eigenvalue weighted by atomic mass is 16.5. The average molecular weight is 419 g/mol. The van der Waals surface area contributed by atoms with Crippen LogP contribution >= 0.6 is 0 Å². The fourth-order valence-electron chi connectivity index (χ4n) is 3.74. The molecule has 3 aromatic rings. The van der Waals surface area contributed by atoms with Crippen molar-refractivity contribution in [3.05, 3.63) is 95.1 Å². The summed E-state index contributed by atoms with van der Waals surface area (Å²) in [5.41, 5.74) is 1.42. The number of hydrogen-bond acceptors (Lipinski definition) is 6. The number of hydrogen-bond donors (Lipinski definition) is 1. The van der Waals surface area contributed by atoms with Crippen LogP contribution in [-0.4, -0.2) is 35.9 Å². The van der Waals surface area contributed by atoms with E-state index >= 15 is 0 Å². The Morgan fingerprint density at radius 1 is 1.03 bits per heavy atom. The maximum atomic E-state index is 13.2. The van der Waals surface area contributed by atoms with Gasteiger partial charge in [-0.15, -0.1) is 0 Å². The molecule has 0 fully saturated rings. The number of nitrogens with zero attached hydrogens (tertiary/aromatic N) is 1. The molecule has 1 aliphatic rings. The number of amides is 1. The third kappa shape index (κ3) is 3.66. The molecular weight excluding hydrogens is 398 g/mol. The summed E-state index contributed by atoms with van der Waals surface area (Å²) >= 11 is 0. The molecule has 1 aliphatic heterocycles. The number of methoxy groups -OCH3 is 2. The van der Waals surface area contributed by atoms with E-state index in [0.29, 0.717) is 17.1 Å². The summed E-state index contributed by atoms with van der Waals surface area (Å²) in [7, 11) is 3.03. The Balaban J connectivity index is 1.83. The number of Topliss-reactive ketones (excluding diaryl/α,β-unsaturated/α-hetero) is 1. The number of carbonyl (C=O) groups is 2. The number of aliphatic hydroxyl groups excluding tert-OH is 1. The number of furan rings is 1. The second-order valence-electron chi connectivity index (χ2n) is 7.00. The van der Waals surface area contributed by atoms with Crippen LogP contribution in [0.2, 0.25) is 0 Å². The Hall–Kier alpha value is -4.00. The minimum Gasteiger partial charge on any atom is -0.503 e. The van der Waals surface area contributed by atoms with E-state index in [4.69, 9.17) is 13.9 Å². The van der Waals surface area contributed by atoms with E-state index in [9.17, 15) is 14.7 Å². The van der Waals surface area contributed by atoms with Crippen molar-refractivity contribution in [1.82, 2.24) is 4.90 Å². The van der Waals surface area contributed by atoms with Crippen molar-refractivity contribution in [1.29, 1.82) is 0 Å². The Morgan fingerprint density at radius 2 is 1.77 bits per heavy atom. The molecule has 0 saturated carbocycles. The van der Waals surface area contributed by atoms with Crippen LogP contribution in [0.4, 0.5) is 0 Å². The zero-order valence-corrected chi connectivity index (χ0v) is 17.1. The van der Waals surface area contributed by atoms with Crippen LogP contribution in [0.15, 0.2) is 82.7 Å². The van der Waals surface area contributed by atoms with Gasteiger partial charge in [-0.3, -0.25) is 9.59 Å². The number of aliphatic hydroxyl groups is 1.